The van der Waals surface area contributed by atoms with Crippen LogP contribution in [0.1, 0.15) is 5.56 Å². The summed E-state index contributed by atoms with van der Waals surface area (Å²) >= 11 is 0. The first kappa shape index (κ1) is 11.6. The van der Waals surface area contributed by atoms with Crippen LogP contribution in [-0.4, -0.2) is 26.1 Å². The van der Waals surface area contributed by atoms with Crippen molar-refractivity contribution in [2.24, 2.45) is 0 Å². The molecule has 0 aromatic carbocycles. The van der Waals surface area contributed by atoms with Crippen LogP contribution in [0.2, 0.25) is 0 Å². The molecule has 0 radical (unpaired) electrons. The van der Waals surface area contributed by atoms with Gasteiger partial charge in [-0.15, -0.1) is 0 Å². The Labute approximate surface area is 85.9 Å². The molecule has 6 heteroatoms. The lowest BCUT2D eigenvalue weighted by Crippen LogP contribution is -2.14. The van der Waals surface area contributed by atoms with Crippen LogP contribution in [0.5, 0.6) is 0 Å². The van der Waals surface area contributed by atoms with Crippen LogP contribution in [0, 0.1) is 0 Å². The zero-order chi connectivity index (χ0) is 11.6. The Bertz CT molecular complexity index is 347. The van der Waals surface area contributed by atoms with Gasteiger partial charge in [-0.3, -0.25) is 0 Å². The highest BCUT2D eigenvalue weighted by Gasteiger charge is 2.31. The average molecular weight is 219 g/mol. The minimum Gasteiger partial charge on any atom is -0.373 e. The second-order valence-electron chi connectivity index (χ2n) is 3.24. The largest absolute Gasteiger partial charge is 0.416 e. The van der Waals surface area contributed by atoms with Crippen molar-refractivity contribution in [2.75, 3.05) is 31.4 Å². The first-order chi connectivity index (χ1) is 6.84. The second-order valence-corrected chi connectivity index (χ2v) is 3.24. The Hall–Kier alpha value is -1.46. The summed E-state index contributed by atoms with van der Waals surface area (Å²) in [5.41, 5.74) is -0.703. The Balaban J connectivity index is 3.23. The van der Waals surface area contributed by atoms with Crippen molar-refractivity contribution in [1.82, 2.24) is 4.98 Å². The molecule has 0 amide bonds. The number of anilines is 2. The van der Waals surface area contributed by atoms with Gasteiger partial charge in [0.2, 0.25) is 0 Å². The summed E-state index contributed by atoms with van der Waals surface area (Å²) in [4.78, 5) is 5.50. The molecule has 84 valence electrons. The van der Waals surface area contributed by atoms with Gasteiger partial charge in [-0.25, -0.2) is 4.98 Å². The van der Waals surface area contributed by atoms with E-state index in [-0.39, 0.29) is 11.6 Å². The van der Waals surface area contributed by atoms with Gasteiger partial charge in [0.1, 0.15) is 11.6 Å². The second kappa shape index (κ2) is 3.96. The van der Waals surface area contributed by atoms with Crippen LogP contribution in [-0.2, 0) is 6.18 Å². The molecule has 1 aromatic rings. The van der Waals surface area contributed by atoms with E-state index < -0.39 is 11.7 Å². The van der Waals surface area contributed by atoms with Crippen molar-refractivity contribution >= 4 is 11.6 Å². The third-order valence-corrected chi connectivity index (χ3v) is 1.85. The van der Waals surface area contributed by atoms with Gasteiger partial charge in [-0.2, -0.15) is 13.2 Å². The molecule has 1 aromatic heterocycles. The minimum absolute atomic E-state index is 0.202. The number of nitrogens with zero attached hydrogens (tertiary/aromatic N) is 2. The number of nitrogens with one attached hydrogen (secondary N) is 1. The number of aromatic nitrogens is 1. The van der Waals surface area contributed by atoms with Crippen LogP contribution in [0.4, 0.5) is 24.8 Å². The van der Waals surface area contributed by atoms with Crippen molar-refractivity contribution in [3.63, 3.8) is 0 Å². The van der Waals surface area contributed by atoms with E-state index >= 15 is 0 Å². The predicted molar refractivity (Wildman–Crippen MR) is 53.1 cm³/mol. The predicted octanol–water partition coefficient (Wildman–Crippen LogP) is 2.21. The average Bonchev–Trinajstić information content (AvgIpc) is 2.15. The quantitative estimate of drug-likeness (QED) is 0.826. The molecular formula is C9H12F3N3. The third-order valence-electron chi connectivity index (χ3n) is 1.85. The maximum Gasteiger partial charge on any atom is 0.416 e. The van der Waals surface area contributed by atoms with Gasteiger partial charge in [0.05, 0.1) is 5.56 Å². The third kappa shape index (κ3) is 2.74. The van der Waals surface area contributed by atoms with E-state index in [1.165, 1.54) is 11.9 Å². The fourth-order valence-electron chi connectivity index (χ4n) is 1.04. The lowest BCUT2D eigenvalue weighted by atomic mass is 10.2. The molecule has 0 aliphatic carbocycles. The van der Waals surface area contributed by atoms with E-state index in [2.05, 4.69) is 10.3 Å². The first-order valence-electron chi connectivity index (χ1n) is 4.29. The molecule has 0 unspecified atom stereocenters. The Kier molecular flexibility index (Phi) is 3.06. The summed E-state index contributed by atoms with van der Waals surface area (Å²) in [6.45, 7) is 0. The highest BCUT2D eigenvalue weighted by molar-refractivity contribution is 5.50. The monoisotopic (exact) mass is 219 g/mol. The zero-order valence-corrected chi connectivity index (χ0v) is 8.68. The van der Waals surface area contributed by atoms with Crippen LogP contribution in [0.15, 0.2) is 12.1 Å². The van der Waals surface area contributed by atoms with E-state index in [0.717, 1.165) is 12.1 Å². The van der Waals surface area contributed by atoms with Crippen molar-refractivity contribution in [2.45, 2.75) is 6.18 Å². The normalized spacial score (nSPS) is 11.3. The van der Waals surface area contributed by atoms with Crippen molar-refractivity contribution < 1.29 is 13.2 Å². The number of halogens is 3. The summed E-state index contributed by atoms with van der Waals surface area (Å²) in [7, 11) is 4.81. The van der Waals surface area contributed by atoms with Gasteiger partial charge in [0.15, 0.2) is 0 Å². The molecule has 1 heterocycles. The van der Waals surface area contributed by atoms with E-state index in [4.69, 9.17) is 0 Å². The summed E-state index contributed by atoms with van der Waals surface area (Å²) in [6.07, 6.45) is -4.35. The Morgan fingerprint density at radius 3 is 2.27 bits per heavy atom. The molecule has 15 heavy (non-hydrogen) atoms. The molecule has 0 aliphatic heterocycles. The Morgan fingerprint density at radius 2 is 1.87 bits per heavy atom. The first-order valence-corrected chi connectivity index (χ1v) is 4.29. The van der Waals surface area contributed by atoms with Gasteiger partial charge in [-0.05, 0) is 12.1 Å². The number of hydrogen-bond acceptors (Lipinski definition) is 3. The van der Waals surface area contributed by atoms with Crippen LogP contribution >= 0.6 is 0 Å². The lowest BCUT2D eigenvalue weighted by Gasteiger charge is -2.15. The molecule has 0 bridgehead atoms. The van der Waals surface area contributed by atoms with Crippen molar-refractivity contribution in [3.05, 3.63) is 17.7 Å². The van der Waals surface area contributed by atoms with Crippen LogP contribution < -0.4 is 10.2 Å². The topological polar surface area (TPSA) is 28.2 Å². The van der Waals surface area contributed by atoms with Gasteiger partial charge >= 0.3 is 6.18 Å². The van der Waals surface area contributed by atoms with Gasteiger partial charge in [-0.1, -0.05) is 0 Å². The smallest absolute Gasteiger partial charge is 0.373 e. The summed E-state index contributed by atoms with van der Waals surface area (Å²) in [5.74, 6) is 0.475. The molecule has 0 fully saturated rings. The highest BCUT2D eigenvalue weighted by Crippen LogP contribution is 2.32. The lowest BCUT2D eigenvalue weighted by molar-refractivity contribution is -0.137. The fraction of sp³-hybridized carbons (Fsp3) is 0.444. The standard InChI is InChI=1S/C9H12F3N3/c1-13-7-4-6(9(10,11)12)5-8(14-7)15(2)3/h4-5H,1-3H3,(H,13,14). The van der Waals surface area contributed by atoms with E-state index in [1.54, 1.807) is 14.1 Å². The summed E-state index contributed by atoms with van der Waals surface area (Å²) in [5, 5.41) is 2.60. The molecule has 3 nitrogen and oxygen atoms in total. The van der Waals surface area contributed by atoms with Crippen molar-refractivity contribution in [1.29, 1.82) is 0 Å². The molecule has 1 N–H and O–H groups in total. The SMILES string of the molecule is CNc1cc(C(F)(F)F)cc(N(C)C)n1. The molecular weight excluding hydrogens is 207 g/mol. The molecule has 0 saturated heterocycles. The number of alkyl halides is 3. The number of pyridine rings is 1. The van der Waals surface area contributed by atoms with E-state index in [9.17, 15) is 13.2 Å². The van der Waals surface area contributed by atoms with Crippen LogP contribution in [0.25, 0.3) is 0 Å². The molecule has 0 aliphatic rings. The Morgan fingerprint density at radius 1 is 1.27 bits per heavy atom. The van der Waals surface area contributed by atoms with Gasteiger partial charge < -0.3 is 10.2 Å². The number of rotatable bonds is 2. The summed E-state index contributed by atoms with van der Waals surface area (Å²) in [6, 6.07) is 1.99. The zero-order valence-electron chi connectivity index (χ0n) is 8.68. The maximum absolute atomic E-state index is 12.5. The fourth-order valence-corrected chi connectivity index (χ4v) is 1.04. The van der Waals surface area contributed by atoms with Crippen molar-refractivity contribution in [3.8, 4) is 0 Å². The molecule has 1 rings (SSSR count). The molecule has 0 atom stereocenters. The molecule has 0 saturated carbocycles. The van der Waals surface area contributed by atoms with E-state index in [0.29, 0.717) is 0 Å². The molecule has 0 spiro atoms. The van der Waals surface area contributed by atoms with E-state index in [1.807, 2.05) is 0 Å². The van der Waals surface area contributed by atoms with Gasteiger partial charge in [0.25, 0.3) is 0 Å². The number of hydrogen-bond donors (Lipinski definition) is 1. The minimum atomic E-state index is -4.35. The van der Waals surface area contributed by atoms with Gasteiger partial charge in [0, 0.05) is 21.1 Å². The van der Waals surface area contributed by atoms with Crippen LogP contribution in [0.3, 0.4) is 0 Å². The maximum atomic E-state index is 12.5. The highest BCUT2D eigenvalue weighted by atomic mass is 19.4. The summed E-state index contributed by atoms with van der Waals surface area (Å²) < 4.78 is 37.4.